The lowest BCUT2D eigenvalue weighted by Gasteiger charge is -2.04. The number of esters is 1. The zero-order valence-corrected chi connectivity index (χ0v) is 8.67. The maximum absolute atomic E-state index is 11.4. The molecule has 0 radical (unpaired) electrons. The lowest BCUT2D eigenvalue weighted by atomic mass is 10.1. The molecular formula is C11H11ClO2. The monoisotopic (exact) mass is 210 g/mol. The van der Waals surface area contributed by atoms with Gasteiger partial charge in [0.2, 0.25) is 0 Å². The molecule has 0 aliphatic rings. The molecule has 14 heavy (non-hydrogen) atoms. The molecule has 0 aliphatic carbocycles. The maximum atomic E-state index is 11.4. The predicted molar refractivity (Wildman–Crippen MR) is 57.5 cm³/mol. The predicted octanol–water partition coefficient (Wildman–Crippen LogP) is 3.16. The first-order valence-corrected chi connectivity index (χ1v) is 4.66. The summed E-state index contributed by atoms with van der Waals surface area (Å²) in [6, 6.07) is 5.11. The molecule has 0 aromatic heterocycles. The minimum atomic E-state index is -0.402. The molecule has 74 valence electrons. The number of hydrogen-bond acceptors (Lipinski definition) is 2. The summed E-state index contributed by atoms with van der Waals surface area (Å²) in [5, 5.41) is 0.397. The molecule has 0 amide bonds. The van der Waals surface area contributed by atoms with E-state index in [1.165, 1.54) is 0 Å². The first-order valence-electron chi connectivity index (χ1n) is 4.28. The third-order valence-corrected chi connectivity index (χ3v) is 2.05. The Hall–Kier alpha value is -1.28. The van der Waals surface area contributed by atoms with Gasteiger partial charge in [-0.3, -0.25) is 0 Å². The van der Waals surface area contributed by atoms with Crippen molar-refractivity contribution in [2.24, 2.45) is 0 Å². The van der Waals surface area contributed by atoms with E-state index in [-0.39, 0.29) is 0 Å². The Labute approximate surface area is 88.1 Å². The van der Waals surface area contributed by atoms with E-state index < -0.39 is 5.97 Å². The summed E-state index contributed by atoms with van der Waals surface area (Å²) < 4.78 is 4.85. The molecule has 0 heterocycles. The van der Waals surface area contributed by atoms with Crippen LogP contribution in [0.3, 0.4) is 0 Å². The normalized spacial score (nSPS) is 9.57. The molecule has 0 saturated heterocycles. The van der Waals surface area contributed by atoms with Crippen LogP contribution in [0, 0.1) is 0 Å². The Morgan fingerprint density at radius 1 is 1.64 bits per heavy atom. The van der Waals surface area contributed by atoms with Crippen LogP contribution in [0.5, 0.6) is 0 Å². The molecule has 0 fully saturated rings. The topological polar surface area (TPSA) is 26.3 Å². The van der Waals surface area contributed by atoms with Crippen LogP contribution >= 0.6 is 11.6 Å². The molecule has 0 saturated carbocycles. The Balaban J connectivity index is 3.05. The molecule has 1 rings (SSSR count). The fourth-order valence-electron chi connectivity index (χ4n) is 1.04. The molecule has 1 aromatic rings. The van der Waals surface area contributed by atoms with E-state index >= 15 is 0 Å². The van der Waals surface area contributed by atoms with Gasteiger partial charge in [0, 0.05) is 0 Å². The van der Waals surface area contributed by atoms with Crippen LogP contribution in [-0.2, 0) is 4.74 Å². The lowest BCUT2D eigenvalue weighted by Crippen LogP contribution is -2.05. The number of rotatable bonds is 3. The van der Waals surface area contributed by atoms with Crippen molar-refractivity contribution in [3.63, 3.8) is 0 Å². The van der Waals surface area contributed by atoms with E-state index in [9.17, 15) is 4.79 Å². The Kier molecular flexibility index (Phi) is 3.72. The van der Waals surface area contributed by atoms with E-state index in [4.69, 9.17) is 16.3 Å². The largest absolute Gasteiger partial charge is 0.462 e. The number of ether oxygens (including phenoxy) is 1. The SMILES string of the molecule is C=Cc1ccc(Cl)c(C(=O)OCC)c1. The van der Waals surface area contributed by atoms with E-state index in [0.29, 0.717) is 17.2 Å². The van der Waals surface area contributed by atoms with Crippen molar-refractivity contribution in [2.75, 3.05) is 6.61 Å². The van der Waals surface area contributed by atoms with Crippen molar-refractivity contribution >= 4 is 23.6 Å². The molecule has 0 aliphatic heterocycles. The minimum Gasteiger partial charge on any atom is -0.462 e. The average molecular weight is 211 g/mol. The third kappa shape index (κ3) is 2.36. The third-order valence-electron chi connectivity index (χ3n) is 1.72. The average Bonchev–Trinajstić information content (AvgIpc) is 2.19. The molecule has 0 spiro atoms. The lowest BCUT2D eigenvalue weighted by molar-refractivity contribution is 0.0526. The summed E-state index contributed by atoms with van der Waals surface area (Å²) in [6.07, 6.45) is 1.65. The van der Waals surface area contributed by atoms with E-state index in [1.807, 2.05) is 0 Å². The molecule has 1 aromatic carbocycles. The van der Waals surface area contributed by atoms with Gasteiger partial charge in [-0.1, -0.05) is 30.3 Å². The standard InChI is InChI=1S/C11H11ClO2/c1-3-8-5-6-10(12)9(7-8)11(13)14-4-2/h3,5-7H,1,4H2,2H3. The van der Waals surface area contributed by atoms with Crippen molar-refractivity contribution in [1.82, 2.24) is 0 Å². The summed E-state index contributed by atoms with van der Waals surface area (Å²) in [5.41, 5.74) is 1.23. The van der Waals surface area contributed by atoms with Gasteiger partial charge < -0.3 is 4.74 Å². The highest BCUT2D eigenvalue weighted by atomic mass is 35.5. The summed E-state index contributed by atoms with van der Waals surface area (Å²) in [7, 11) is 0. The van der Waals surface area contributed by atoms with Crippen LogP contribution < -0.4 is 0 Å². The number of carbonyl (C=O) groups is 1. The van der Waals surface area contributed by atoms with E-state index in [2.05, 4.69) is 6.58 Å². The number of hydrogen-bond donors (Lipinski definition) is 0. The Morgan fingerprint density at radius 3 is 2.93 bits per heavy atom. The fraction of sp³-hybridized carbons (Fsp3) is 0.182. The van der Waals surface area contributed by atoms with Crippen molar-refractivity contribution in [3.05, 3.63) is 40.9 Å². The van der Waals surface area contributed by atoms with Gasteiger partial charge in [-0.25, -0.2) is 4.79 Å². The van der Waals surface area contributed by atoms with Gasteiger partial charge in [-0.05, 0) is 24.6 Å². The maximum Gasteiger partial charge on any atom is 0.339 e. The molecule has 2 nitrogen and oxygen atoms in total. The molecular weight excluding hydrogens is 200 g/mol. The second-order valence-electron chi connectivity index (χ2n) is 2.66. The zero-order valence-electron chi connectivity index (χ0n) is 7.92. The zero-order chi connectivity index (χ0) is 10.6. The van der Waals surface area contributed by atoms with Gasteiger partial charge in [-0.15, -0.1) is 0 Å². The minimum absolute atomic E-state index is 0.341. The molecule has 0 unspecified atom stereocenters. The fourth-order valence-corrected chi connectivity index (χ4v) is 1.23. The second kappa shape index (κ2) is 4.82. The van der Waals surface area contributed by atoms with Crippen molar-refractivity contribution < 1.29 is 9.53 Å². The molecule has 3 heteroatoms. The van der Waals surface area contributed by atoms with Crippen molar-refractivity contribution in [3.8, 4) is 0 Å². The Bertz CT molecular complexity index is 358. The smallest absolute Gasteiger partial charge is 0.339 e. The molecule has 0 N–H and O–H groups in total. The first kappa shape index (κ1) is 10.8. The van der Waals surface area contributed by atoms with Gasteiger partial charge in [0.1, 0.15) is 0 Å². The highest BCUT2D eigenvalue weighted by Crippen LogP contribution is 2.19. The van der Waals surface area contributed by atoms with Crippen LogP contribution in [0.25, 0.3) is 6.08 Å². The van der Waals surface area contributed by atoms with Gasteiger partial charge in [0.25, 0.3) is 0 Å². The summed E-state index contributed by atoms with van der Waals surface area (Å²) in [4.78, 5) is 11.4. The van der Waals surface area contributed by atoms with E-state index in [1.54, 1.807) is 31.2 Å². The van der Waals surface area contributed by atoms with E-state index in [0.717, 1.165) is 5.56 Å². The van der Waals surface area contributed by atoms with Crippen molar-refractivity contribution in [1.29, 1.82) is 0 Å². The highest BCUT2D eigenvalue weighted by molar-refractivity contribution is 6.33. The van der Waals surface area contributed by atoms with Crippen LogP contribution in [0.2, 0.25) is 5.02 Å². The number of halogens is 1. The van der Waals surface area contributed by atoms with Gasteiger partial charge in [0.15, 0.2) is 0 Å². The summed E-state index contributed by atoms with van der Waals surface area (Å²) in [5.74, 6) is -0.402. The van der Waals surface area contributed by atoms with Crippen LogP contribution in [0.1, 0.15) is 22.8 Å². The van der Waals surface area contributed by atoms with Crippen molar-refractivity contribution in [2.45, 2.75) is 6.92 Å². The van der Waals surface area contributed by atoms with Gasteiger partial charge in [0.05, 0.1) is 17.2 Å². The van der Waals surface area contributed by atoms with Crippen LogP contribution in [0.4, 0.5) is 0 Å². The summed E-state index contributed by atoms with van der Waals surface area (Å²) in [6.45, 7) is 5.71. The van der Waals surface area contributed by atoms with Gasteiger partial charge in [-0.2, -0.15) is 0 Å². The van der Waals surface area contributed by atoms with Crippen LogP contribution in [-0.4, -0.2) is 12.6 Å². The highest BCUT2D eigenvalue weighted by Gasteiger charge is 2.10. The summed E-state index contributed by atoms with van der Waals surface area (Å²) >= 11 is 5.85. The van der Waals surface area contributed by atoms with Gasteiger partial charge >= 0.3 is 5.97 Å². The molecule has 0 atom stereocenters. The number of carbonyl (C=O) groups excluding carboxylic acids is 1. The quantitative estimate of drug-likeness (QED) is 0.717. The van der Waals surface area contributed by atoms with Crippen LogP contribution in [0.15, 0.2) is 24.8 Å². The Morgan fingerprint density at radius 2 is 2.36 bits per heavy atom. The second-order valence-corrected chi connectivity index (χ2v) is 3.07. The number of benzene rings is 1. The molecule has 0 bridgehead atoms. The first-order chi connectivity index (χ1) is 6.69.